The summed E-state index contributed by atoms with van der Waals surface area (Å²) < 4.78 is 0.113. The summed E-state index contributed by atoms with van der Waals surface area (Å²) in [4.78, 5) is 118. The van der Waals surface area contributed by atoms with Crippen molar-refractivity contribution >= 4 is 124 Å². The van der Waals surface area contributed by atoms with Gasteiger partial charge in [-0.05, 0) is 110 Å². The first-order valence-corrected chi connectivity index (χ1v) is 27.3. The number of hydrogen-bond acceptors (Lipinski definition) is 17. The summed E-state index contributed by atoms with van der Waals surface area (Å²) in [6.45, 7) is 1.28. The third-order valence-electron chi connectivity index (χ3n) is 9.63. The lowest BCUT2D eigenvalue weighted by Crippen LogP contribution is -2.41. The molecule has 24 heteroatoms. The molecule has 0 unspecified atom stereocenters. The molecule has 2 aliphatic heterocycles. The van der Waals surface area contributed by atoms with E-state index in [-0.39, 0.29) is 68.3 Å². The van der Waals surface area contributed by atoms with Crippen LogP contribution in [0.3, 0.4) is 0 Å². The molecule has 2 rings (SSSR count). The molecule has 0 radical (unpaired) electrons. The van der Waals surface area contributed by atoms with Gasteiger partial charge in [0.1, 0.15) is 29.4 Å². The van der Waals surface area contributed by atoms with Crippen molar-refractivity contribution in [2.45, 2.75) is 168 Å². The SMILES string of the molecule is CC(=O)CC[C@H](CC(=O)CC[C@H](NC(=O)CC[C@H](CC(=O)CC[C@H](NC(=O)CCCCCCCCCCCCC(=O)O)C(=O)O)C(=O)O)C(=O)O)C(=O)O.OC1SSC2(SS1)SS2. The summed E-state index contributed by atoms with van der Waals surface area (Å²) in [6, 6.07) is -2.89. The highest BCUT2D eigenvalue weighted by atomic mass is 33.2. The number of rotatable bonds is 35. The molecule has 1 spiro atoms. The number of Topliss-reactive ketones (excluding diaryl/α,β-unsaturated/α-hetero) is 3. The molecule has 2 amide bonds. The Labute approximate surface area is 390 Å². The van der Waals surface area contributed by atoms with Crippen molar-refractivity contribution in [1.82, 2.24) is 10.6 Å². The third-order valence-corrected chi connectivity index (χ3v) is 22.6. The fourth-order valence-electron chi connectivity index (χ4n) is 6.02. The summed E-state index contributed by atoms with van der Waals surface area (Å²) in [6.07, 6.45) is 6.08. The zero-order valence-corrected chi connectivity index (χ0v) is 40.1. The van der Waals surface area contributed by atoms with Gasteiger partial charge in [-0.1, -0.05) is 51.4 Å². The van der Waals surface area contributed by atoms with Crippen LogP contribution >= 0.6 is 64.8 Å². The van der Waals surface area contributed by atoms with Gasteiger partial charge >= 0.3 is 29.8 Å². The van der Waals surface area contributed by atoms with Crippen molar-refractivity contribution in [1.29, 1.82) is 0 Å². The molecule has 0 bridgehead atoms. The minimum Gasteiger partial charge on any atom is -0.481 e. The average Bonchev–Trinajstić information content (AvgIpc) is 3.98. The Morgan fingerprint density at radius 2 is 0.857 bits per heavy atom. The van der Waals surface area contributed by atoms with Crippen LogP contribution in [0.15, 0.2) is 0 Å². The van der Waals surface area contributed by atoms with E-state index in [0.717, 1.165) is 51.4 Å². The number of carboxylic acid groups (broad SMARTS) is 5. The van der Waals surface area contributed by atoms with E-state index in [9.17, 15) is 68.4 Å². The highest BCUT2D eigenvalue weighted by Gasteiger charge is 2.52. The fourth-order valence-corrected chi connectivity index (χ4v) is 18.2. The minimum absolute atomic E-state index is 0.0345. The first-order valence-electron chi connectivity index (χ1n) is 20.7. The molecule has 63 heavy (non-hydrogen) atoms. The van der Waals surface area contributed by atoms with Gasteiger partial charge in [0.15, 0.2) is 7.51 Å². The van der Waals surface area contributed by atoms with E-state index in [0.29, 0.717) is 15.6 Å². The monoisotopic (exact) mass is 1000 g/mol. The van der Waals surface area contributed by atoms with Gasteiger partial charge in [0.2, 0.25) is 11.8 Å². The second-order valence-corrected chi connectivity index (χ2v) is 24.5. The standard InChI is InChI=1S/C37H58N2O15.C2H2OS6/c1-24(40)14-15-25(34(47)48)22-27(41)18-20-30(37(53)54)39-32(44)21-16-26(35(49)50)23-28(42)17-19-29(36(51)52)38-31(43)12-10-8-6-4-2-3-5-7-9-11-13-33(45)46;3-1-4-6-2(7-5-1)8-9-2/h25-26,29-30H,2-23H2,1H3,(H,38,43)(H,39,44)(H,45,46)(H,47,48)(H,49,50)(H,51,52)(H,53,54);1,3H/t25-,26-,29+,30+;/m1./s1. The normalized spacial score (nSPS) is 16.0. The van der Waals surface area contributed by atoms with Crippen LogP contribution in [-0.4, -0.2) is 109 Å². The van der Waals surface area contributed by atoms with Crippen LogP contribution in [0.5, 0.6) is 0 Å². The molecule has 2 aliphatic rings. The Kier molecular flexibility index (Phi) is 30.5. The largest absolute Gasteiger partial charge is 0.481 e. The van der Waals surface area contributed by atoms with Gasteiger partial charge < -0.3 is 46.1 Å². The van der Waals surface area contributed by atoms with Crippen molar-refractivity contribution in [2.75, 3.05) is 0 Å². The molecule has 0 aromatic heterocycles. The van der Waals surface area contributed by atoms with E-state index in [4.69, 9.17) is 10.2 Å². The molecule has 0 aromatic rings. The summed E-state index contributed by atoms with van der Waals surface area (Å²) in [5, 5.41) is 60.1. The Morgan fingerprint density at radius 3 is 1.22 bits per heavy atom. The molecular formula is C39H60N2O16S6. The smallest absolute Gasteiger partial charge is 0.326 e. The van der Waals surface area contributed by atoms with Gasteiger partial charge in [0.05, 0.1) is 11.8 Å². The quantitative estimate of drug-likeness (QED) is 0.0181. The van der Waals surface area contributed by atoms with E-state index in [1.165, 1.54) is 6.92 Å². The lowest BCUT2D eigenvalue weighted by atomic mass is 9.93. The number of aliphatic hydroxyl groups is 1. The molecule has 2 fully saturated rings. The van der Waals surface area contributed by atoms with Gasteiger partial charge in [-0.15, -0.1) is 0 Å². The van der Waals surface area contributed by atoms with Crippen LogP contribution in [0, 0.1) is 11.8 Å². The van der Waals surface area contributed by atoms with Crippen LogP contribution < -0.4 is 10.6 Å². The number of unbranched alkanes of at least 4 members (excludes halogenated alkanes) is 9. The van der Waals surface area contributed by atoms with Crippen molar-refractivity contribution in [3.05, 3.63) is 0 Å². The number of carbonyl (C=O) groups is 10. The number of nitrogens with one attached hydrogen (secondary N) is 2. The first-order chi connectivity index (χ1) is 29.7. The molecule has 4 atom stereocenters. The van der Waals surface area contributed by atoms with Crippen LogP contribution in [0.1, 0.15) is 148 Å². The van der Waals surface area contributed by atoms with Gasteiger partial charge in [0.25, 0.3) is 0 Å². The minimum atomic E-state index is -1.53. The Morgan fingerprint density at radius 1 is 0.476 bits per heavy atom. The topological polar surface area (TPSA) is 316 Å². The number of aliphatic carboxylic acids is 5. The molecule has 8 N–H and O–H groups in total. The Bertz CT molecular complexity index is 1540. The number of ketones is 3. The average molecular weight is 1010 g/mol. The van der Waals surface area contributed by atoms with Crippen molar-refractivity contribution in [2.24, 2.45) is 11.8 Å². The number of aliphatic hydroxyl groups excluding tert-OH is 1. The number of amides is 2. The molecule has 0 aromatic carbocycles. The van der Waals surface area contributed by atoms with Gasteiger partial charge in [-0.25, -0.2) is 9.59 Å². The van der Waals surface area contributed by atoms with Crippen molar-refractivity contribution in [3.8, 4) is 0 Å². The molecule has 18 nitrogen and oxygen atoms in total. The van der Waals surface area contributed by atoms with Crippen LogP contribution in [0.2, 0.25) is 0 Å². The summed E-state index contributed by atoms with van der Waals surface area (Å²) in [5.41, 5.74) is 0. The maximum atomic E-state index is 12.6. The van der Waals surface area contributed by atoms with Crippen LogP contribution in [-0.2, 0) is 47.9 Å². The summed E-state index contributed by atoms with van der Waals surface area (Å²) >= 11 is 0. The zero-order chi connectivity index (χ0) is 47.4. The predicted octanol–water partition coefficient (Wildman–Crippen LogP) is 6.97. The van der Waals surface area contributed by atoms with Gasteiger partial charge in [0, 0.05) is 51.4 Å². The third kappa shape index (κ3) is 29.5. The Balaban J connectivity index is 0.00000191. The highest BCUT2D eigenvalue weighted by molar-refractivity contribution is 9.14. The van der Waals surface area contributed by atoms with Gasteiger partial charge in [-0.2, -0.15) is 0 Å². The van der Waals surface area contributed by atoms with E-state index in [1.807, 2.05) is 21.6 Å². The molecule has 0 saturated carbocycles. The zero-order valence-electron chi connectivity index (χ0n) is 35.2. The molecule has 0 aliphatic carbocycles. The molecule has 358 valence electrons. The predicted molar refractivity (Wildman–Crippen MR) is 246 cm³/mol. The first kappa shape index (κ1) is 58.4. The second-order valence-electron chi connectivity index (χ2n) is 15.1. The number of hydrogen-bond donors (Lipinski definition) is 8. The lowest BCUT2D eigenvalue weighted by molar-refractivity contribution is -0.145. The fraction of sp³-hybridized carbons (Fsp3) is 0.744. The summed E-state index contributed by atoms with van der Waals surface area (Å²) in [7, 11) is 10.4. The van der Waals surface area contributed by atoms with Crippen molar-refractivity contribution in [3.63, 3.8) is 0 Å². The summed E-state index contributed by atoms with van der Waals surface area (Å²) in [5.74, 6) is -11.5. The Hall–Kier alpha value is -2.64. The maximum Gasteiger partial charge on any atom is 0.326 e. The molecular weight excluding hydrogens is 945 g/mol. The van der Waals surface area contributed by atoms with E-state index in [1.54, 1.807) is 43.2 Å². The molecule has 2 saturated heterocycles. The maximum absolute atomic E-state index is 12.6. The van der Waals surface area contributed by atoms with Gasteiger partial charge in [-0.3, -0.25) is 33.6 Å². The number of carboxylic acids is 5. The van der Waals surface area contributed by atoms with Crippen LogP contribution in [0.25, 0.3) is 0 Å². The van der Waals surface area contributed by atoms with Crippen molar-refractivity contribution < 1.29 is 78.6 Å². The van der Waals surface area contributed by atoms with E-state index >= 15 is 0 Å². The number of carbonyl (C=O) groups excluding carboxylic acids is 5. The second kappa shape index (κ2) is 32.9. The lowest BCUT2D eigenvalue weighted by Gasteiger charge is -2.18. The molecule has 2 heterocycles. The van der Waals surface area contributed by atoms with Crippen LogP contribution in [0.4, 0.5) is 0 Å². The highest BCUT2D eigenvalue weighted by Crippen LogP contribution is 2.83. The van der Waals surface area contributed by atoms with E-state index < -0.39 is 96.4 Å². The van der Waals surface area contributed by atoms with E-state index in [2.05, 4.69) is 10.6 Å².